The van der Waals surface area contributed by atoms with Gasteiger partial charge in [-0.3, -0.25) is 4.99 Å². The van der Waals surface area contributed by atoms with E-state index in [2.05, 4.69) is 23.8 Å². The molecule has 0 saturated heterocycles. The van der Waals surface area contributed by atoms with E-state index >= 15 is 0 Å². The van der Waals surface area contributed by atoms with Crippen LogP contribution in [0.25, 0.3) is 0 Å². The molecule has 0 unspecified atom stereocenters. The highest BCUT2D eigenvalue weighted by Crippen LogP contribution is 2.04. The fourth-order valence-electron chi connectivity index (χ4n) is 1.73. The standard InChI is InChI=1S/C17H23N/c1-2-3-4-5-6-10-15-18-16-11-14-17-12-8-7-9-13-17/h7-9,12-13,16H,2-6,10,15H2,1H3. The Morgan fingerprint density at radius 2 is 1.72 bits per heavy atom. The van der Waals surface area contributed by atoms with Gasteiger partial charge in [0, 0.05) is 12.1 Å². The van der Waals surface area contributed by atoms with Crippen LogP contribution in [0.1, 0.15) is 51.0 Å². The highest BCUT2D eigenvalue weighted by Gasteiger charge is 1.87. The summed E-state index contributed by atoms with van der Waals surface area (Å²) >= 11 is 0. The van der Waals surface area contributed by atoms with Crippen LogP contribution in [-0.4, -0.2) is 12.8 Å². The molecule has 1 heteroatoms. The fraction of sp³-hybridized carbons (Fsp3) is 0.471. The van der Waals surface area contributed by atoms with Crippen molar-refractivity contribution < 1.29 is 0 Å². The van der Waals surface area contributed by atoms with Gasteiger partial charge < -0.3 is 0 Å². The Labute approximate surface area is 111 Å². The first-order chi connectivity index (χ1) is 8.93. The Balaban J connectivity index is 2.06. The third-order valence-corrected chi connectivity index (χ3v) is 2.79. The summed E-state index contributed by atoms with van der Waals surface area (Å²) < 4.78 is 0. The number of benzene rings is 1. The number of nitrogens with zero attached hydrogens (tertiary/aromatic N) is 1. The maximum Gasteiger partial charge on any atom is 0.0714 e. The Hall–Kier alpha value is -1.55. The molecule has 18 heavy (non-hydrogen) atoms. The monoisotopic (exact) mass is 241 g/mol. The molecule has 1 rings (SSSR count). The van der Waals surface area contributed by atoms with Crippen molar-refractivity contribution in [1.82, 2.24) is 0 Å². The first kappa shape index (κ1) is 14.5. The van der Waals surface area contributed by atoms with Crippen molar-refractivity contribution in [3.8, 4) is 11.8 Å². The second kappa shape index (κ2) is 10.6. The summed E-state index contributed by atoms with van der Waals surface area (Å²) in [6.07, 6.45) is 9.61. The molecule has 1 aromatic rings. The molecule has 1 aromatic carbocycles. The van der Waals surface area contributed by atoms with Crippen molar-refractivity contribution in [2.75, 3.05) is 6.54 Å². The smallest absolute Gasteiger partial charge is 0.0714 e. The minimum Gasteiger partial charge on any atom is -0.284 e. The van der Waals surface area contributed by atoms with E-state index in [-0.39, 0.29) is 0 Å². The second-order valence-corrected chi connectivity index (χ2v) is 4.44. The van der Waals surface area contributed by atoms with Crippen molar-refractivity contribution in [2.24, 2.45) is 4.99 Å². The van der Waals surface area contributed by atoms with Crippen LogP contribution in [0, 0.1) is 11.8 Å². The quantitative estimate of drug-likeness (QED) is 0.379. The normalized spacial score (nSPS) is 10.3. The van der Waals surface area contributed by atoms with E-state index < -0.39 is 0 Å². The lowest BCUT2D eigenvalue weighted by Gasteiger charge is -1.96. The lowest BCUT2D eigenvalue weighted by Crippen LogP contribution is -1.83. The van der Waals surface area contributed by atoms with Gasteiger partial charge in [-0.05, 0) is 24.5 Å². The van der Waals surface area contributed by atoms with Crippen molar-refractivity contribution in [3.63, 3.8) is 0 Å². The van der Waals surface area contributed by atoms with E-state index in [1.807, 2.05) is 30.3 Å². The molecule has 0 atom stereocenters. The van der Waals surface area contributed by atoms with Gasteiger partial charge in [0.1, 0.15) is 0 Å². The van der Waals surface area contributed by atoms with E-state index in [1.54, 1.807) is 6.21 Å². The van der Waals surface area contributed by atoms with Crippen LogP contribution < -0.4 is 0 Å². The van der Waals surface area contributed by atoms with Crippen LogP contribution in [-0.2, 0) is 0 Å². The van der Waals surface area contributed by atoms with Crippen molar-refractivity contribution in [3.05, 3.63) is 35.9 Å². The van der Waals surface area contributed by atoms with Gasteiger partial charge in [0.25, 0.3) is 0 Å². The maximum atomic E-state index is 4.31. The summed E-state index contributed by atoms with van der Waals surface area (Å²) in [7, 11) is 0. The molecule has 0 amide bonds. The highest BCUT2D eigenvalue weighted by atomic mass is 14.7. The van der Waals surface area contributed by atoms with Gasteiger partial charge in [0.15, 0.2) is 0 Å². The fourth-order valence-corrected chi connectivity index (χ4v) is 1.73. The topological polar surface area (TPSA) is 12.4 Å². The zero-order valence-electron chi connectivity index (χ0n) is 11.4. The second-order valence-electron chi connectivity index (χ2n) is 4.44. The number of hydrogen-bond donors (Lipinski definition) is 0. The largest absolute Gasteiger partial charge is 0.284 e. The Bertz CT molecular complexity index is 381. The van der Waals surface area contributed by atoms with Crippen LogP contribution >= 0.6 is 0 Å². The van der Waals surface area contributed by atoms with Crippen LogP contribution in [0.2, 0.25) is 0 Å². The Kier molecular flexibility index (Phi) is 8.54. The van der Waals surface area contributed by atoms with E-state index in [0.29, 0.717) is 0 Å². The molecule has 0 bridgehead atoms. The van der Waals surface area contributed by atoms with Gasteiger partial charge in [-0.2, -0.15) is 0 Å². The molecule has 0 fully saturated rings. The first-order valence-corrected chi connectivity index (χ1v) is 6.98. The maximum absolute atomic E-state index is 4.31. The molecule has 0 radical (unpaired) electrons. The summed E-state index contributed by atoms with van der Waals surface area (Å²) in [6, 6.07) is 10.0. The zero-order valence-corrected chi connectivity index (χ0v) is 11.4. The first-order valence-electron chi connectivity index (χ1n) is 6.98. The molecule has 0 aromatic heterocycles. The van der Waals surface area contributed by atoms with Crippen molar-refractivity contribution >= 4 is 6.21 Å². The minimum atomic E-state index is 0.912. The summed E-state index contributed by atoms with van der Waals surface area (Å²) in [4.78, 5) is 4.31. The van der Waals surface area contributed by atoms with E-state index in [0.717, 1.165) is 12.1 Å². The average Bonchev–Trinajstić information content (AvgIpc) is 2.42. The number of aliphatic imine (C=N–C) groups is 1. The highest BCUT2D eigenvalue weighted by molar-refractivity contribution is 5.79. The van der Waals surface area contributed by atoms with Gasteiger partial charge in [0.05, 0.1) is 6.21 Å². The van der Waals surface area contributed by atoms with Crippen LogP contribution in [0.4, 0.5) is 0 Å². The van der Waals surface area contributed by atoms with Gasteiger partial charge in [-0.1, -0.05) is 63.1 Å². The van der Waals surface area contributed by atoms with Crippen LogP contribution in [0.3, 0.4) is 0 Å². The van der Waals surface area contributed by atoms with Gasteiger partial charge in [-0.15, -0.1) is 0 Å². The zero-order chi connectivity index (χ0) is 12.9. The third-order valence-electron chi connectivity index (χ3n) is 2.79. The number of unbranched alkanes of at least 4 members (excludes halogenated alkanes) is 5. The summed E-state index contributed by atoms with van der Waals surface area (Å²) in [6.45, 7) is 3.16. The lowest BCUT2D eigenvalue weighted by molar-refractivity contribution is 0.613. The predicted molar refractivity (Wildman–Crippen MR) is 80.1 cm³/mol. The van der Waals surface area contributed by atoms with Gasteiger partial charge in [-0.25, -0.2) is 0 Å². The molecule has 0 N–H and O–H groups in total. The molecular weight excluding hydrogens is 218 g/mol. The molecule has 1 nitrogen and oxygen atoms in total. The SMILES string of the molecule is CCCCCCCCN=CC#Cc1ccccc1. The Morgan fingerprint density at radius 1 is 1.00 bits per heavy atom. The van der Waals surface area contributed by atoms with Crippen molar-refractivity contribution in [2.45, 2.75) is 45.4 Å². The molecule has 0 aliphatic rings. The van der Waals surface area contributed by atoms with E-state index in [1.165, 1.54) is 38.5 Å². The predicted octanol–water partition coefficient (Wildman–Crippen LogP) is 4.47. The van der Waals surface area contributed by atoms with E-state index in [9.17, 15) is 0 Å². The minimum absolute atomic E-state index is 0.912. The molecule has 0 heterocycles. The molecule has 0 saturated carbocycles. The summed E-state index contributed by atoms with van der Waals surface area (Å²) in [5.74, 6) is 6.04. The molecular formula is C17H23N. The van der Waals surface area contributed by atoms with Crippen molar-refractivity contribution in [1.29, 1.82) is 0 Å². The Morgan fingerprint density at radius 3 is 2.50 bits per heavy atom. The van der Waals surface area contributed by atoms with E-state index in [4.69, 9.17) is 0 Å². The third kappa shape index (κ3) is 7.68. The average molecular weight is 241 g/mol. The van der Waals surface area contributed by atoms with Gasteiger partial charge >= 0.3 is 0 Å². The summed E-state index contributed by atoms with van der Waals surface area (Å²) in [5, 5.41) is 0. The van der Waals surface area contributed by atoms with Crippen LogP contribution in [0.15, 0.2) is 35.3 Å². The molecule has 96 valence electrons. The molecule has 0 aliphatic heterocycles. The van der Waals surface area contributed by atoms with Gasteiger partial charge in [0.2, 0.25) is 0 Å². The van der Waals surface area contributed by atoms with Crippen LogP contribution in [0.5, 0.6) is 0 Å². The number of hydrogen-bond acceptors (Lipinski definition) is 1. The lowest BCUT2D eigenvalue weighted by atomic mass is 10.1. The number of rotatable bonds is 7. The molecule has 0 aliphatic carbocycles. The molecule has 0 spiro atoms. The summed E-state index contributed by atoms with van der Waals surface area (Å²) in [5.41, 5.74) is 1.04.